The average Bonchev–Trinajstić information content (AvgIpc) is 2.19. The van der Waals surface area contributed by atoms with Crippen LogP contribution in [-0.2, 0) is 0 Å². The lowest BCUT2D eigenvalue weighted by molar-refractivity contribution is 0.527. The highest BCUT2D eigenvalue weighted by molar-refractivity contribution is 5.57. The topological polar surface area (TPSA) is 38.0 Å². The van der Waals surface area contributed by atoms with Gasteiger partial charge in [0.05, 0.1) is 0 Å². The van der Waals surface area contributed by atoms with Crippen molar-refractivity contribution in [2.24, 2.45) is 5.92 Å². The number of hydrogen-bond donors (Lipinski definition) is 2. The Hall–Kier alpha value is -1.18. The molecular formula is C14H24N2. The number of hydrogen-bond acceptors (Lipinski definition) is 2. The van der Waals surface area contributed by atoms with Crippen LogP contribution in [-0.4, -0.2) is 6.04 Å². The fourth-order valence-electron chi connectivity index (χ4n) is 1.77. The molecule has 1 atom stereocenters. The zero-order chi connectivity index (χ0) is 12.1. The zero-order valence-electron chi connectivity index (χ0n) is 10.9. The van der Waals surface area contributed by atoms with Crippen molar-refractivity contribution in [2.45, 2.75) is 46.6 Å². The highest BCUT2D eigenvalue weighted by Crippen LogP contribution is 2.19. The van der Waals surface area contributed by atoms with Crippen molar-refractivity contribution in [3.05, 3.63) is 23.8 Å². The summed E-state index contributed by atoms with van der Waals surface area (Å²) in [5.41, 5.74) is 8.98. The van der Waals surface area contributed by atoms with Crippen molar-refractivity contribution in [1.82, 2.24) is 0 Å². The van der Waals surface area contributed by atoms with Gasteiger partial charge in [-0.05, 0) is 56.4 Å². The Morgan fingerprint density at radius 1 is 1.19 bits per heavy atom. The van der Waals surface area contributed by atoms with Gasteiger partial charge < -0.3 is 11.1 Å². The van der Waals surface area contributed by atoms with Gasteiger partial charge in [-0.3, -0.25) is 0 Å². The lowest BCUT2D eigenvalue weighted by Gasteiger charge is -2.18. The van der Waals surface area contributed by atoms with E-state index < -0.39 is 0 Å². The molecule has 0 aliphatic rings. The second kappa shape index (κ2) is 5.78. The summed E-state index contributed by atoms with van der Waals surface area (Å²) >= 11 is 0. The number of anilines is 2. The molecule has 1 aromatic carbocycles. The molecule has 0 saturated heterocycles. The SMILES string of the molecule is Cc1cc(N)ccc1NC(C)CCC(C)C. The Labute approximate surface area is 99.2 Å². The Bertz CT molecular complexity index is 332. The summed E-state index contributed by atoms with van der Waals surface area (Å²) in [5, 5.41) is 3.54. The summed E-state index contributed by atoms with van der Waals surface area (Å²) in [6.45, 7) is 8.86. The van der Waals surface area contributed by atoms with Crippen LogP contribution in [0.3, 0.4) is 0 Å². The van der Waals surface area contributed by atoms with Gasteiger partial charge in [-0.2, -0.15) is 0 Å². The predicted octanol–water partition coefficient (Wildman–Crippen LogP) is 3.81. The summed E-state index contributed by atoms with van der Waals surface area (Å²) in [6, 6.07) is 6.54. The Morgan fingerprint density at radius 2 is 1.88 bits per heavy atom. The van der Waals surface area contributed by atoms with E-state index in [0.717, 1.165) is 11.6 Å². The summed E-state index contributed by atoms with van der Waals surface area (Å²) in [6.07, 6.45) is 2.48. The first-order valence-electron chi connectivity index (χ1n) is 6.11. The highest BCUT2D eigenvalue weighted by Gasteiger charge is 2.05. The minimum Gasteiger partial charge on any atom is -0.399 e. The van der Waals surface area contributed by atoms with E-state index >= 15 is 0 Å². The summed E-state index contributed by atoms with van der Waals surface area (Å²) in [4.78, 5) is 0. The van der Waals surface area contributed by atoms with E-state index in [0.29, 0.717) is 6.04 Å². The molecule has 0 aromatic heterocycles. The number of nitrogens with two attached hydrogens (primary N) is 1. The van der Waals surface area contributed by atoms with Gasteiger partial charge in [0.15, 0.2) is 0 Å². The van der Waals surface area contributed by atoms with Crippen molar-refractivity contribution in [3.63, 3.8) is 0 Å². The maximum Gasteiger partial charge on any atom is 0.0373 e. The number of nitrogen functional groups attached to an aromatic ring is 1. The van der Waals surface area contributed by atoms with Crippen molar-refractivity contribution >= 4 is 11.4 Å². The first kappa shape index (κ1) is 12.9. The summed E-state index contributed by atoms with van der Waals surface area (Å²) in [5.74, 6) is 0.775. The van der Waals surface area contributed by atoms with Crippen molar-refractivity contribution < 1.29 is 0 Å². The standard InChI is InChI=1S/C14H24N2/c1-10(2)5-6-12(4)16-14-8-7-13(15)9-11(14)3/h7-10,12,16H,5-6,15H2,1-4H3. The van der Waals surface area contributed by atoms with Crippen LogP contribution in [0.5, 0.6) is 0 Å². The molecule has 2 heteroatoms. The van der Waals surface area contributed by atoms with Crippen LogP contribution in [0.25, 0.3) is 0 Å². The molecule has 0 bridgehead atoms. The molecule has 1 rings (SSSR count). The quantitative estimate of drug-likeness (QED) is 0.740. The average molecular weight is 220 g/mol. The van der Waals surface area contributed by atoms with E-state index in [1.165, 1.54) is 24.1 Å². The van der Waals surface area contributed by atoms with Crippen LogP contribution in [0.4, 0.5) is 11.4 Å². The fraction of sp³-hybridized carbons (Fsp3) is 0.571. The monoisotopic (exact) mass is 220 g/mol. The predicted molar refractivity (Wildman–Crippen MR) is 72.7 cm³/mol. The number of benzene rings is 1. The van der Waals surface area contributed by atoms with E-state index in [-0.39, 0.29) is 0 Å². The molecule has 90 valence electrons. The van der Waals surface area contributed by atoms with Gasteiger partial charge in [0.2, 0.25) is 0 Å². The lowest BCUT2D eigenvalue weighted by atomic mass is 10.0. The zero-order valence-corrected chi connectivity index (χ0v) is 10.9. The van der Waals surface area contributed by atoms with Gasteiger partial charge >= 0.3 is 0 Å². The van der Waals surface area contributed by atoms with Gasteiger partial charge in [-0.25, -0.2) is 0 Å². The molecule has 2 nitrogen and oxygen atoms in total. The highest BCUT2D eigenvalue weighted by atomic mass is 14.9. The maximum absolute atomic E-state index is 5.73. The van der Waals surface area contributed by atoms with Crippen LogP contribution < -0.4 is 11.1 Å². The minimum atomic E-state index is 0.518. The summed E-state index contributed by atoms with van der Waals surface area (Å²) < 4.78 is 0. The van der Waals surface area contributed by atoms with Crippen LogP contribution in [0.2, 0.25) is 0 Å². The molecule has 0 aliphatic carbocycles. The second-order valence-electron chi connectivity index (χ2n) is 5.09. The van der Waals surface area contributed by atoms with E-state index in [9.17, 15) is 0 Å². The third-order valence-electron chi connectivity index (χ3n) is 2.83. The van der Waals surface area contributed by atoms with E-state index in [1.807, 2.05) is 12.1 Å². The molecule has 0 radical (unpaired) electrons. The van der Waals surface area contributed by atoms with E-state index in [2.05, 4.69) is 39.1 Å². The molecule has 16 heavy (non-hydrogen) atoms. The van der Waals surface area contributed by atoms with Gasteiger partial charge in [-0.15, -0.1) is 0 Å². The van der Waals surface area contributed by atoms with Crippen LogP contribution in [0, 0.1) is 12.8 Å². The molecule has 0 aliphatic heterocycles. The normalized spacial score (nSPS) is 12.8. The van der Waals surface area contributed by atoms with Gasteiger partial charge in [0, 0.05) is 17.4 Å². The van der Waals surface area contributed by atoms with Gasteiger partial charge in [0.25, 0.3) is 0 Å². The van der Waals surface area contributed by atoms with E-state index in [1.54, 1.807) is 0 Å². The van der Waals surface area contributed by atoms with E-state index in [4.69, 9.17) is 5.73 Å². The van der Waals surface area contributed by atoms with Crippen LogP contribution in [0.1, 0.15) is 39.2 Å². The molecule has 0 heterocycles. The molecule has 0 spiro atoms. The first-order valence-corrected chi connectivity index (χ1v) is 6.11. The second-order valence-corrected chi connectivity index (χ2v) is 5.09. The Morgan fingerprint density at radius 3 is 2.44 bits per heavy atom. The number of rotatable bonds is 5. The smallest absolute Gasteiger partial charge is 0.0373 e. The molecule has 0 saturated carbocycles. The first-order chi connectivity index (χ1) is 7.49. The van der Waals surface area contributed by atoms with Crippen LogP contribution >= 0.6 is 0 Å². The third-order valence-corrected chi connectivity index (χ3v) is 2.83. The lowest BCUT2D eigenvalue weighted by Crippen LogP contribution is -2.16. The van der Waals surface area contributed by atoms with Gasteiger partial charge in [0.1, 0.15) is 0 Å². The molecule has 1 aromatic rings. The van der Waals surface area contributed by atoms with Gasteiger partial charge in [-0.1, -0.05) is 13.8 Å². The van der Waals surface area contributed by atoms with Crippen LogP contribution in [0.15, 0.2) is 18.2 Å². The van der Waals surface area contributed by atoms with Crippen molar-refractivity contribution in [2.75, 3.05) is 11.1 Å². The third kappa shape index (κ3) is 4.13. The molecule has 0 amide bonds. The Kier molecular flexibility index (Phi) is 4.66. The molecule has 3 N–H and O–H groups in total. The maximum atomic E-state index is 5.73. The molecule has 1 unspecified atom stereocenters. The molecule has 0 fully saturated rings. The minimum absolute atomic E-state index is 0.518. The Balaban J connectivity index is 2.52. The molecular weight excluding hydrogens is 196 g/mol. The van der Waals surface area contributed by atoms with Crippen molar-refractivity contribution in [3.8, 4) is 0 Å². The number of nitrogens with one attached hydrogen (secondary N) is 1. The summed E-state index contributed by atoms with van der Waals surface area (Å²) in [7, 11) is 0. The largest absolute Gasteiger partial charge is 0.399 e. The number of aryl methyl sites for hydroxylation is 1. The fourth-order valence-corrected chi connectivity index (χ4v) is 1.77. The van der Waals surface area contributed by atoms with Crippen molar-refractivity contribution in [1.29, 1.82) is 0 Å².